The Morgan fingerprint density at radius 1 is 1.25 bits per heavy atom. The fourth-order valence-corrected chi connectivity index (χ4v) is 4.28. The third-order valence-electron chi connectivity index (χ3n) is 4.10. The van der Waals surface area contributed by atoms with Gasteiger partial charge in [-0.25, -0.2) is 18.4 Å². The molecular weight excluding hydrogens is 326 g/mol. The van der Waals surface area contributed by atoms with Crippen LogP contribution < -0.4 is 0 Å². The molecule has 1 aromatic carbocycles. The Morgan fingerprint density at radius 2 is 2.04 bits per heavy atom. The lowest BCUT2D eigenvalue weighted by molar-refractivity contribution is 0.122. The summed E-state index contributed by atoms with van der Waals surface area (Å²) in [6.07, 6.45) is 3.87. The molecule has 2 aromatic rings. The lowest BCUT2D eigenvalue weighted by Gasteiger charge is -2.23. The van der Waals surface area contributed by atoms with Gasteiger partial charge in [0, 0.05) is 30.9 Å². The molecular formula is C17H21N3O3S. The third-order valence-corrected chi connectivity index (χ3v) is 5.98. The van der Waals surface area contributed by atoms with E-state index in [0.29, 0.717) is 37.6 Å². The summed E-state index contributed by atoms with van der Waals surface area (Å²) in [5, 5.41) is 0. The molecule has 1 saturated heterocycles. The van der Waals surface area contributed by atoms with E-state index in [1.54, 1.807) is 18.3 Å². The molecule has 1 aliphatic rings. The van der Waals surface area contributed by atoms with Gasteiger partial charge in [0.1, 0.15) is 6.33 Å². The number of hydrogen-bond donors (Lipinski definition) is 0. The molecule has 0 amide bonds. The largest absolute Gasteiger partial charge is 0.380 e. The Balaban J connectivity index is 1.78. The average molecular weight is 347 g/mol. The van der Waals surface area contributed by atoms with E-state index in [1.807, 2.05) is 25.1 Å². The third kappa shape index (κ3) is 3.98. The smallest absolute Gasteiger partial charge is 0.243 e. The van der Waals surface area contributed by atoms with Crippen molar-refractivity contribution in [2.45, 2.75) is 18.2 Å². The van der Waals surface area contributed by atoms with Crippen molar-refractivity contribution in [3.8, 4) is 0 Å². The van der Waals surface area contributed by atoms with Crippen molar-refractivity contribution in [1.82, 2.24) is 14.3 Å². The van der Waals surface area contributed by atoms with Gasteiger partial charge in [-0.3, -0.25) is 0 Å². The minimum atomic E-state index is -3.51. The summed E-state index contributed by atoms with van der Waals surface area (Å²) in [4.78, 5) is 8.46. The van der Waals surface area contributed by atoms with Gasteiger partial charge >= 0.3 is 0 Å². The second-order valence-corrected chi connectivity index (χ2v) is 7.96. The molecule has 1 unspecified atom stereocenters. The van der Waals surface area contributed by atoms with Crippen molar-refractivity contribution in [1.29, 1.82) is 0 Å². The maximum Gasteiger partial charge on any atom is 0.243 e. The van der Waals surface area contributed by atoms with Crippen LogP contribution in [0.2, 0.25) is 0 Å². The van der Waals surface area contributed by atoms with Gasteiger partial charge in [0.2, 0.25) is 10.0 Å². The van der Waals surface area contributed by atoms with Crippen LogP contribution in [0.15, 0.2) is 47.8 Å². The second-order valence-electron chi connectivity index (χ2n) is 6.02. The average Bonchev–Trinajstić information content (AvgIpc) is 2.82. The van der Waals surface area contributed by atoms with E-state index in [4.69, 9.17) is 4.74 Å². The van der Waals surface area contributed by atoms with Crippen LogP contribution in [0.25, 0.3) is 0 Å². The fourth-order valence-electron chi connectivity index (χ4n) is 2.78. The number of aromatic nitrogens is 2. The standard InChI is InChI=1S/C17H21N3O3S/c1-14-2-4-17(5-3-14)24(21,22)20-8-9-23-12-15(11-20)10-16-6-7-18-13-19-16/h2-7,13,15H,8-12H2,1H3. The lowest BCUT2D eigenvalue weighted by Crippen LogP contribution is -2.36. The van der Waals surface area contributed by atoms with Crippen LogP contribution >= 0.6 is 0 Å². The zero-order chi connectivity index (χ0) is 17.0. The minimum absolute atomic E-state index is 0.0719. The van der Waals surface area contributed by atoms with E-state index in [2.05, 4.69) is 9.97 Å². The first-order chi connectivity index (χ1) is 11.6. The van der Waals surface area contributed by atoms with E-state index < -0.39 is 10.0 Å². The number of ether oxygens (including phenoxy) is 1. The molecule has 0 saturated carbocycles. The molecule has 7 heteroatoms. The molecule has 3 rings (SSSR count). The number of nitrogens with zero attached hydrogens (tertiary/aromatic N) is 3. The molecule has 0 spiro atoms. The number of benzene rings is 1. The summed E-state index contributed by atoms with van der Waals surface area (Å²) >= 11 is 0. The summed E-state index contributed by atoms with van der Waals surface area (Å²) in [6, 6.07) is 8.81. The van der Waals surface area contributed by atoms with Crippen LogP contribution in [-0.2, 0) is 21.2 Å². The van der Waals surface area contributed by atoms with E-state index in [-0.39, 0.29) is 5.92 Å². The first-order valence-electron chi connectivity index (χ1n) is 7.95. The van der Waals surface area contributed by atoms with Crippen LogP contribution in [0.4, 0.5) is 0 Å². The van der Waals surface area contributed by atoms with Crippen molar-refractivity contribution in [2.24, 2.45) is 5.92 Å². The first kappa shape index (κ1) is 17.0. The van der Waals surface area contributed by atoms with Gasteiger partial charge in [-0.1, -0.05) is 17.7 Å². The van der Waals surface area contributed by atoms with Gasteiger partial charge in [0.15, 0.2) is 0 Å². The van der Waals surface area contributed by atoms with Crippen molar-refractivity contribution >= 4 is 10.0 Å². The summed E-state index contributed by atoms with van der Waals surface area (Å²) in [5.41, 5.74) is 1.93. The zero-order valence-electron chi connectivity index (χ0n) is 13.6. The molecule has 128 valence electrons. The molecule has 0 bridgehead atoms. The van der Waals surface area contributed by atoms with Crippen LogP contribution in [0, 0.1) is 12.8 Å². The van der Waals surface area contributed by atoms with E-state index in [1.165, 1.54) is 10.6 Å². The van der Waals surface area contributed by atoms with E-state index in [9.17, 15) is 8.42 Å². The highest BCUT2D eigenvalue weighted by atomic mass is 32.2. The predicted octanol–water partition coefficient (Wildman–Crippen LogP) is 1.66. The van der Waals surface area contributed by atoms with Gasteiger partial charge in [-0.05, 0) is 31.5 Å². The summed E-state index contributed by atoms with van der Waals surface area (Å²) in [7, 11) is -3.51. The molecule has 1 atom stereocenters. The van der Waals surface area contributed by atoms with E-state index in [0.717, 1.165) is 11.3 Å². The van der Waals surface area contributed by atoms with Crippen molar-refractivity contribution in [3.63, 3.8) is 0 Å². The Kier molecular flexibility index (Phi) is 5.23. The maximum absolute atomic E-state index is 12.9. The van der Waals surface area contributed by atoms with Gasteiger partial charge in [-0.2, -0.15) is 4.31 Å². The molecule has 2 heterocycles. The highest BCUT2D eigenvalue weighted by Crippen LogP contribution is 2.21. The van der Waals surface area contributed by atoms with Gasteiger partial charge < -0.3 is 4.74 Å². The number of hydrogen-bond acceptors (Lipinski definition) is 5. The van der Waals surface area contributed by atoms with Crippen LogP contribution in [0.3, 0.4) is 0 Å². The maximum atomic E-state index is 12.9. The minimum Gasteiger partial charge on any atom is -0.380 e. The molecule has 1 aliphatic heterocycles. The molecule has 1 aromatic heterocycles. The van der Waals surface area contributed by atoms with Crippen LogP contribution in [0.1, 0.15) is 11.3 Å². The Hall–Kier alpha value is -1.83. The molecule has 1 fully saturated rings. The Bertz CT molecular complexity index is 763. The van der Waals surface area contributed by atoms with Crippen molar-refractivity contribution in [2.75, 3.05) is 26.3 Å². The molecule has 24 heavy (non-hydrogen) atoms. The van der Waals surface area contributed by atoms with Crippen molar-refractivity contribution in [3.05, 3.63) is 54.1 Å². The van der Waals surface area contributed by atoms with Gasteiger partial charge in [-0.15, -0.1) is 0 Å². The normalized spacial score (nSPS) is 19.8. The van der Waals surface area contributed by atoms with Gasteiger partial charge in [0.05, 0.1) is 18.1 Å². The predicted molar refractivity (Wildman–Crippen MR) is 90.0 cm³/mol. The molecule has 0 aliphatic carbocycles. The topological polar surface area (TPSA) is 72.4 Å². The summed E-state index contributed by atoms with van der Waals surface area (Å²) < 4.78 is 32.9. The number of rotatable bonds is 4. The Morgan fingerprint density at radius 3 is 2.75 bits per heavy atom. The molecule has 0 radical (unpaired) electrons. The van der Waals surface area contributed by atoms with E-state index >= 15 is 0 Å². The van der Waals surface area contributed by atoms with Crippen LogP contribution in [-0.4, -0.2) is 49.0 Å². The first-order valence-corrected chi connectivity index (χ1v) is 9.39. The highest BCUT2D eigenvalue weighted by Gasteiger charge is 2.29. The van der Waals surface area contributed by atoms with Gasteiger partial charge in [0.25, 0.3) is 0 Å². The lowest BCUT2D eigenvalue weighted by atomic mass is 10.0. The quantitative estimate of drug-likeness (QED) is 0.841. The highest BCUT2D eigenvalue weighted by molar-refractivity contribution is 7.89. The molecule has 0 N–H and O–H groups in total. The summed E-state index contributed by atoms with van der Waals surface area (Å²) in [6.45, 7) is 3.68. The van der Waals surface area contributed by atoms with Crippen LogP contribution in [0.5, 0.6) is 0 Å². The second kappa shape index (κ2) is 7.38. The van der Waals surface area contributed by atoms with Crippen molar-refractivity contribution < 1.29 is 13.2 Å². The SMILES string of the molecule is Cc1ccc(S(=O)(=O)N2CCOCC(Cc3ccncn3)C2)cc1. The Labute approximate surface area is 142 Å². The fraction of sp³-hybridized carbons (Fsp3) is 0.412. The summed E-state index contributed by atoms with van der Waals surface area (Å²) in [5.74, 6) is 0.0719. The molecule has 6 nitrogen and oxygen atoms in total. The number of sulfonamides is 1. The zero-order valence-corrected chi connectivity index (χ0v) is 14.4. The number of aryl methyl sites for hydroxylation is 1. The monoisotopic (exact) mass is 347 g/mol.